The van der Waals surface area contributed by atoms with Crippen molar-refractivity contribution >= 4 is 10.4 Å². The molecule has 0 spiro atoms. The molecule has 33 heavy (non-hydrogen) atoms. The van der Waals surface area contributed by atoms with Crippen LogP contribution in [0.1, 0.15) is 98.8 Å². The summed E-state index contributed by atoms with van der Waals surface area (Å²) >= 11 is 0. The lowest BCUT2D eigenvalue weighted by Gasteiger charge is -2.59. The summed E-state index contributed by atoms with van der Waals surface area (Å²) in [6.07, 6.45) is 11.8. The van der Waals surface area contributed by atoms with Crippen molar-refractivity contribution in [3.05, 3.63) is 11.6 Å². The van der Waals surface area contributed by atoms with E-state index in [4.69, 9.17) is 8.74 Å². The van der Waals surface area contributed by atoms with E-state index < -0.39 is 22.6 Å². The Kier molecular flexibility index (Phi) is 7.17. The van der Waals surface area contributed by atoms with Crippen molar-refractivity contribution < 1.29 is 22.3 Å². The summed E-state index contributed by atoms with van der Waals surface area (Å²) in [6.45, 7) is 11.9. The van der Waals surface area contributed by atoms with E-state index >= 15 is 0 Å². The van der Waals surface area contributed by atoms with Crippen molar-refractivity contribution in [1.29, 1.82) is 0 Å². The fourth-order valence-electron chi connectivity index (χ4n) is 8.95. The molecule has 0 amide bonds. The average molecular weight is 483 g/mol. The van der Waals surface area contributed by atoms with Gasteiger partial charge in [0.05, 0.1) is 12.2 Å². The van der Waals surface area contributed by atoms with Gasteiger partial charge in [0.2, 0.25) is 0 Å². The summed E-state index contributed by atoms with van der Waals surface area (Å²) < 4.78 is 36.5. The molecule has 2 N–H and O–H groups in total. The number of aliphatic hydroxyl groups excluding tert-OH is 1. The largest absolute Gasteiger partial charge is 0.397 e. The summed E-state index contributed by atoms with van der Waals surface area (Å²) in [5.41, 5.74) is 1.22. The Hall–Kier alpha value is -0.430. The Morgan fingerprint density at radius 2 is 1.85 bits per heavy atom. The fraction of sp³-hybridized carbons (Fsp3) is 0.926. The Bertz CT molecular complexity index is 851. The molecule has 4 aliphatic carbocycles. The Morgan fingerprint density at radius 3 is 2.52 bits per heavy atom. The Labute approximate surface area is 201 Å². The van der Waals surface area contributed by atoms with Crippen LogP contribution in [0, 0.1) is 46.3 Å². The van der Waals surface area contributed by atoms with Crippen LogP contribution in [0.25, 0.3) is 0 Å². The minimum Gasteiger partial charge on any atom is -0.392 e. The van der Waals surface area contributed by atoms with Gasteiger partial charge in [-0.2, -0.15) is 8.42 Å². The lowest BCUT2D eigenvalue weighted by Crippen LogP contribution is -2.56. The molecule has 4 rings (SSSR count). The highest BCUT2D eigenvalue weighted by Gasteiger charge is 2.61. The van der Waals surface area contributed by atoms with E-state index in [1.165, 1.54) is 38.5 Å². The van der Waals surface area contributed by atoms with Crippen LogP contribution < -0.4 is 0 Å². The molecule has 6 heteroatoms. The molecule has 0 aliphatic heterocycles. The number of aliphatic hydroxyl groups is 1. The lowest BCUT2D eigenvalue weighted by atomic mass is 9.46. The average Bonchev–Trinajstić information content (AvgIpc) is 3.05. The highest BCUT2D eigenvalue weighted by molar-refractivity contribution is 7.80. The zero-order valence-corrected chi connectivity index (χ0v) is 22.1. The first-order valence-corrected chi connectivity index (χ1v) is 14.8. The van der Waals surface area contributed by atoms with Crippen molar-refractivity contribution in [2.45, 2.75) is 111 Å². The molecule has 190 valence electrons. The first kappa shape index (κ1) is 25.7. The molecule has 0 aromatic carbocycles. The monoisotopic (exact) mass is 482 g/mol. The zero-order valence-electron chi connectivity index (χ0n) is 21.3. The van der Waals surface area contributed by atoms with Gasteiger partial charge in [0.1, 0.15) is 0 Å². The molecule has 0 saturated heterocycles. The number of hydrogen-bond donors (Lipinski definition) is 2. The molecule has 4 aliphatic rings. The van der Waals surface area contributed by atoms with Gasteiger partial charge in [0, 0.05) is 11.8 Å². The normalized spacial score (nSPS) is 44.1. The van der Waals surface area contributed by atoms with Crippen LogP contribution >= 0.6 is 0 Å². The maximum atomic E-state index is 11.3. The molecule has 9 atom stereocenters. The van der Waals surface area contributed by atoms with E-state index in [-0.39, 0.29) is 11.8 Å². The predicted octanol–water partition coefficient (Wildman–Crippen LogP) is 6.19. The van der Waals surface area contributed by atoms with Crippen molar-refractivity contribution in [2.75, 3.05) is 0 Å². The van der Waals surface area contributed by atoms with Gasteiger partial charge in [-0.15, -0.1) is 0 Å². The summed E-state index contributed by atoms with van der Waals surface area (Å²) in [5, 5.41) is 11.3. The van der Waals surface area contributed by atoms with Gasteiger partial charge in [-0.05, 0) is 79.4 Å². The van der Waals surface area contributed by atoms with Crippen LogP contribution in [0.2, 0.25) is 0 Å². The van der Waals surface area contributed by atoms with E-state index in [0.717, 1.165) is 36.2 Å². The molecular formula is C27H46O5S. The molecule has 5 nitrogen and oxygen atoms in total. The minimum atomic E-state index is -4.51. The summed E-state index contributed by atoms with van der Waals surface area (Å²) in [5.74, 6) is 4.11. The van der Waals surface area contributed by atoms with Crippen molar-refractivity contribution in [3.8, 4) is 0 Å². The first-order valence-electron chi connectivity index (χ1n) is 13.4. The summed E-state index contributed by atoms with van der Waals surface area (Å²) in [6, 6.07) is 0. The van der Waals surface area contributed by atoms with Crippen LogP contribution in [0.5, 0.6) is 0 Å². The smallest absolute Gasteiger partial charge is 0.392 e. The van der Waals surface area contributed by atoms with Gasteiger partial charge in [-0.3, -0.25) is 4.55 Å². The second-order valence-electron chi connectivity index (χ2n) is 12.8. The molecule has 1 unspecified atom stereocenters. The number of allylic oxidation sites excluding steroid dienone is 1. The van der Waals surface area contributed by atoms with E-state index in [1.807, 2.05) is 0 Å². The topological polar surface area (TPSA) is 83.8 Å². The Balaban J connectivity index is 1.51. The van der Waals surface area contributed by atoms with Crippen molar-refractivity contribution in [1.82, 2.24) is 0 Å². The molecule has 3 saturated carbocycles. The maximum absolute atomic E-state index is 11.3. The third kappa shape index (κ3) is 4.71. The van der Waals surface area contributed by atoms with Crippen molar-refractivity contribution in [3.63, 3.8) is 0 Å². The van der Waals surface area contributed by atoms with Crippen LogP contribution in [0.15, 0.2) is 11.6 Å². The van der Waals surface area contributed by atoms with Gasteiger partial charge in [-0.1, -0.05) is 65.5 Å². The Morgan fingerprint density at radius 1 is 1.12 bits per heavy atom. The number of fused-ring (bicyclic) bond motifs is 5. The SMILES string of the molecule is CC(C)CCC[C@@H](C)[C@H]1CC[C@H]2[C@@H]3CC=C4C[C@@H](OS(=O)(=O)O)CC(O)[C@]4(C)[C@H]3CC[C@]12C. The van der Waals surface area contributed by atoms with Crippen molar-refractivity contribution in [2.24, 2.45) is 46.3 Å². The van der Waals surface area contributed by atoms with Gasteiger partial charge in [-0.25, -0.2) is 4.18 Å². The third-order valence-corrected chi connectivity index (χ3v) is 11.1. The quantitative estimate of drug-likeness (QED) is 0.334. The summed E-state index contributed by atoms with van der Waals surface area (Å²) in [4.78, 5) is 0. The van der Waals surface area contributed by atoms with Gasteiger partial charge >= 0.3 is 10.4 Å². The van der Waals surface area contributed by atoms with Crippen LogP contribution in [0.4, 0.5) is 0 Å². The highest BCUT2D eigenvalue weighted by Crippen LogP contribution is 2.67. The van der Waals surface area contributed by atoms with Gasteiger partial charge in [0.15, 0.2) is 0 Å². The number of hydrogen-bond acceptors (Lipinski definition) is 4. The van der Waals surface area contributed by atoms with Crippen LogP contribution in [0.3, 0.4) is 0 Å². The second-order valence-corrected chi connectivity index (χ2v) is 13.8. The molecule has 3 fully saturated rings. The standard InChI is InChI=1S/C27H46O5S/c1-17(2)7-6-8-18(3)22-11-12-23-21-10-9-19-15-20(32-33(29,30)31)16-25(28)27(19,5)24(21)13-14-26(22,23)4/h9,17-18,20-25,28H,6-8,10-16H2,1-5H3,(H,29,30,31)/t18-,20-,21+,22-,23+,24+,25?,26-,27+/m1/s1. The van der Waals surface area contributed by atoms with Crippen LogP contribution in [-0.4, -0.2) is 30.3 Å². The van der Waals surface area contributed by atoms with Gasteiger partial charge < -0.3 is 5.11 Å². The molecule has 0 bridgehead atoms. The molecule has 0 heterocycles. The van der Waals surface area contributed by atoms with E-state index in [1.54, 1.807) is 0 Å². The van der Waals surface area contributed by atoms with Gasteiger partial charge in [0.25, 0.3) is 0 Å². The zero-order chi connectivity index (χ0) is 24.2. The first-order chi connectivity index (χ1) is 15.4. The van der Waals surface area contributed by atoms with E-state index in [0.29, 0.717) is 29.6 Å². The number of rotatable bonds is 7. The van der Waals surface area contributed by atoms with Crippen LogP contribution in [-0.2, 0) is 14.6 Å². The molecule has 0 aromatic heterocycles. The highest BCUT2D eigenvalue weighted by atomic mass is 32.3. The lowest BCUT2D eigenvalue weighted by molar-refractivity contribution is -0.105. The van der Waals surface area contributed by atoms with E-state index in [2.05, 4.69) is 40.7 Å². The predicted molar refractivity (Wildman–Crippen MR) is 131 cm³/mol. The fourth-order valence-corrected chi connectivity index (χ4v) is 9.44. The summed E-state index contributed by atoms with van der Waals surface area (Å²) in [7, 11) is -4.51. The minimum absolute atomic E-state index is 0.258. The second kappa shape index (κ2) is 9.22. The maximum Gasteiger partial charge on any atom is 0.397 e. The molecular weight excluding hydrogens is 436 g/mol. The molecule has 0 aromatic rings. The molecule has 0 radical (unpaired) electrons. The third-order valence-electron chi connectivity index (χ3n) is 10.6. The van der Waals surface area contributed by atoms with E-state index in [9.17, 15) is 13.5 Å².